The van der Waals surface area contributed by atoms with Crippen LogP contribution < -0.4 is 0 Å². The van der Waals surface area contributed by atoms with E-state index in [4.69, 9.17) is 0 Å². The van der Waals surface area contributed by atoms with E-state index < -0.39 is 0 Å². The van der Waals surface area contributed by atoms with E-state index in [9.17, 15) is 0 Å². The molecule has 1 fully saturated rings. The first-order chi connectivity index (χ1) is 7.04. The summed E-state index contributed by atoms with van der Waals surface area (Å²) in [5, 5.41) is 0. The summed E-state index contributed by atoms with van der Waals surface area (Å²) in [7, 11) is 0. The van der Waals surface area contributed by atoms with Crippen LogP contribution in [0.1, 0.15) is 37.8 Å². The summed E-state index contributed by atoms with van der Waals surface area (Å²) in [6, 6.07) is 6.52. The maximum absolute atomic E-state index is 3.69. The fourth-order valence-electron chi connectivity index (χ4n) is 3.04. The Morgan fingerprint density at radius 3 is 2.40 bits per heavy atom. The summed E-state index contributed by atoms with van der Waals surface area (Å²) in [5.74, 6) is 3.31. The zero-order valence-electron chi connectivity index (χ0n) is 9.92. The molecule has 15 heavy (non-hydrogen) atoms. The van der Waals surface area contributed by atoms with Gasteiger partial charge in [-0.2, -0.15) is 0 Å². The first-order valence-electron chi connectivity index (χ1n) is 5.79. The van der Waals surface area contributed by atoms with Crippen molar-refractivity contribution in [3.8, 4) is 0 Å². The molecule has 0 nitrogen and oxygen atoms in total. The second-order valence-electron chi connectivity index (χ2n) is 5.18. The Bertz CT molecular complexity index is 347. The standard InChI is InChI=1S/C14H19Br/c1-8(2)12-10(4)14(12)13-9(3)6-5-7-11(13)15/h5-8,10,12,14H,1-4H3. The molecule has 0 heterocycles. The predicted octanol–water partition coefficient (Wildman–Crippen LogP) is 4.76. The molecular formula is C14H19Br. The van der Waals surface area contributed by atoms with Crippen LogP contribution in [0.5, 0.6) is 0 Å². The smallest absolute Gasteiger partial charge is 0.0212 e. The minimum Gasteiger partial charge on any atom is -0.0625 e. The van der Waals surface area contributed by atoms with Crippen molar-refractivity contribution < 1.29 is 0 Å². The Morgan fingerprint density at radius 1 is 1.27 bits per heavy atom. The van der Waals surface area contributed by atoms with E-state index in [1.807, 2.05) is 0 Å². The highest BCUT2D eigenvalue weighted by Gasteiger charge is 2.49. The van der Waals surface area contributed by atoms with Gasteiger partial charge in [0.1, 0.15) is 0 Å². The molecule has 0 spiro atoms. The van der Waals surface area contributed by atoms with Gasteiger partial charge >= 0.3 is 0 Å². The molecule has 0 radical (unpaired) electrons. The number of hydrogen-bond donors (Lipinski definition) is 0. The van der Waals surface area contributed by atoms with E-state index in [2.05, 4.69) is 61.8 Å². The fraction of sp³-hybridized carbons (Fsp3) is 0.571. The zero-order valence-corrected chi connectivity index (χ0v) is 11.5. The van der Waals surface area contributed by atoms with Crippen LogP contribution >= 0.6 is 15.9 Å². The molecule has 2 rings (SSSR count). The summed E-state index contributed by atoms with van der Waals surface area (Å²) in [5.41, 5.74) is 2.98. The van der Waals surface area contributed by atoms with Gasteiger partial charge in [0.2, 0.25) is 0 Å². The molecule has 1 aromatic carbocycles. The Morgan fingerprint density at radius 2 is 1.93 bits per heavy atom. The van der Waals surface area contributed by atoms with Crippen molar-refractivity contribution in [3.63, 3.8) is 0 Å². The number of benzene rings is 1. The number of rotatable bonds is 2. The van der Waals surface area contributed by atoms with Crippen LogP contribution in [0.4, 0.5) is 0 Å². The third-order valence-corrected chi connectivity index (χ3v) is 4.51. The molecule has 3 atom stereocenters. The van der Waals surface area contributed by atoms with Gasteiger partial charge in [0.15, 0.2) is 0 Å². The van der Waals surface area contributed by atoms with Crippen molar-refractivity contribution in [1.82, 2.24) is 0 Å². The Hall–Kier alpha value is -0.300. The lowest BCUT2D eigenvalue weighted by Gasteiger charge is -2.09. The molecule has 0 aliphatic heterocycles. The third-order valence-electron chi connectivity index (χ3n) is 3.82. The molecule has 3 unspecified atom stereocenters. The van der Waals surface area contributed by atoms with Crippen molar-refractivity contribution in [2.45, 2.75) is 33.6 Å². The molecule has 1 aromatic rings. The molecule has 0 bridgehead atoms. The summed E-state index contributed by atoms with van der Waals surface area (Å²) in [6.45, 7) is 9.29. The minimum absolute atomic E-state index is 0.778. The van der Waals surface area contributed by atoms with Crippen LogP contribution in [0, 0.1) is 24.7 Å². The number of halogens is 1. The molecule has 0 amide bonds. The molecular weight excluding hydrogens is 248 g/mol. The van der Waals surface area contributed by atoms with Gasteiger partial charge in [0, 0.05) is 4.47 Å². The van der Waals surface area contributed by atoms with Gasteiger partial charge in [0.05, 0.1) is 0 Å². The quantitative estimate of drug-likeness (QED) is 0.724. The molecule has 82 valence electrons. The van der Waals surface area contributed by atoms with Crippen LogP contribution in [-0.4, -0.2) is 0 Å². The lowest BCUT2D eigenvalue weighted by atomic mass is 9.99. The largest absolute Gasteiger partial charge is 0.0625 e. The van der Waals surface area contributed by atoms with Crippen molar-refractivity contribution >= 4 is 15.9 Å². The topological polar surface area (TPSA) is 0 Å². The minimum atomic E-state index is 0.778. The van der Waals surface area contributed by atoms with Crippen molar-refractivity contribution in [1.29, 1.82) is 0 Å². The average Bonchev–Trinajstić information content (AvgIpc) is 2.77. The summed E-state index contributed by atoms with van der Waals surface area (Å²) in [4.78, 5) is 0. The first kappa shape index (κ1) is 11.2. The van der Waals surface area contributed by atoms with Crippen molar-refractivity contribution in [2.24, 2.45) is 17.8 Å². The van der Waals surface area contributed by atoms with Crippen LogP contribution in [0.2, 0.25) is 0 Å². The van der Waals surface area contributed by atoms with Gasteiger partial charge in [-0.25, -0.2) is 0 Å². The summed E-state index contributed by atoms with van der Waals surface area (Å²) >= 11 is 3.69. The molecule has 0 saturated heterocycles. The van der Waals surface area contributed by atoms with Gasteiger partial charge in [-0.05, 0) is 47.8 Å². The second-order valence-corrected chi connectivity index (χ2v) is 6.03. The monoisotopic (exact) mass is 266 g/mol. The lowest BCUT2D eigenvalue weighted by Crippen LogP contribution is -1.95. The van der Waals surface area contributed by atoms with E-state index >= 15 is 0 Å². The third kappa shape index (κ3) is 1.87. The highest BCUT2D eigenvalue weighted by Crippen LogP contribution is 2.59. The van der Waals surface area contributed by atoms with Gasteiger partial charge in [-0.15, -0.1) is 0 Å². The maximum atomic E-state index is 3.69. The predicted molar refractivity (Wildman–Crippen MR) is 69.1 cm³/mol. The average molecular weight is 267 g/mol. The molecule has 1 heteroatoms. The lowest BCUT2D eigenvalue weighted by molar-refractivity contribution is 0.523. The van der Waals surface area contributed by atoms with Crippen molar-refractivity contribution in [2.75, 3.05) is 0 Å². The van der Waals surface area contributed by atoms with E-state index in [-0.39, 0.29) is 0 Å². The van der Waals surface area contributed by atoms with E-state index in [0.717, 1.165) is 23.7 Å². The van der Waals surface area contributed by atoms with Crippen LogP contribution in [0.3, 0.4) is 0 Å². The number of hydrogen-bond acceptors (Lipinski definition) is 0. The van der Waals surface area contributed by atoms with Gasteiger partial charge in [0.25, 0.3) is 0 Å². The van der Waals surface area contributed by atoms with Crippen LogP contribution in [0.25, 0.3) is 0 Å². The van der Waals surface area contributed by atoms with Crippen LogP contribution in [0.15, 0.2) is 22.7 Å². The molecule has 0 aromatic heterocycles. The highest BCUT2D eigenvalue weighted by atomic mass is 79.9. The summed E-state index contributed by atoms with van der Waals surface area (Å²) < 4.78 is 1.29. The maximum Gasteiger partial charge on any atom is 0.0212 e. The number of aryl methyl sites for hydroxylation is 1. The van der Waals surface area contributed by atoms with Crippen molar-refractivity contribution in [3.05, 3.63) is 33.8 Å². The molecule has 0 N–H and O–H groups in total. The summed E-state index contributed by atoms with van der Waals surface area (Å²) in [6.07, 6.45) is 0. The molecule has 1 aliphatic carbocycles. The van der Waals surface area contributed by atoms with Gasteiger partial charge < -0.3 is 0 Å². The van der Waals surface area contributed by atoms with Crippen LogP contribution in [-0.2, 0) is 0 Å². The Kier molecular flexibility index (Phi) is 2.94. The van der Waals surface area contributed by atoms with E-state index in [1.165, 1.54) is 10.0 Å². The van der Waals surface area contributed by atoms with E-state index in [1.54, 1.807) is 5.56 Å². The second kappa shape index (κ2) is 3.93. The SMILES string of the molecule is Cc1cccc(Br)c1C1C(C)C1C(C)C. The molecule has 1 aliphatic rings. The highest BCUT2D eigenvalue weighted by molar-refractivity contribution is 9.10. The first-order valence-corrected chi connectivity index (χ1v) is 6.58. The Labute approximate surface area is 101 Å². The zero-order chi connectivity index (χ0) is 11.2. The fourth-order valence-corrected chi connectivity index (χ4v) is 3.77. The molecule has 1 saturated carbocycles. The Balaban J connectivity index is 2.33. The van der Waals surface area contributed by atoms with E-state index in [0.29, 0.717) is 0 Å². The van der Waals surface area contributed by atoms with Gasteiger partial charge in [-0.1, -0.05) is 48.8 Å². The normalized spacial score (nSPS) is 29.6. The van der Waals surface area contributed by atoms with Gasteiger partial charge in [-0.3, -0.25) is 0 Å².